The fourth-order valence-electron chi connectivity index (χ4n) is 1.50. The van der Waals surface area contributed by atoms with Crippen molar-refractivity contribution in [1.82, 2.24) is 0 Å². The number of hydrogen-bond acceptors (Lipinski definition) is 2. The molecule has 0 spiro atoms. The molecule has 0 aliphatic heterocycles. The third kappa shape index (κ3) is 5.53. The largest absolute Gasteiger partial charge is 0.321 e. The van der Waals surface area contributed by atoms with Gasteiger partial charge in [0.25, 0.3) is 0 Å². The molecule has 2 nitrogen and oxygen atoms in total. The van der Waals surface area contributed by atoms with Gasteiger partial charge < -0.3 is 5.73 Å². The highest BCUT2D eigenvalue weighted by Gasteiger charge is 2.16. The second kappa shape index (κ2) is 7.70. The first kappa shape index (κ1) is 16.4. The number of benzene rings is 1. The number of rotatable bonds is 5. The van der Waals surface area contributed by atoms with Gasteiger partial charge in [0.15, 0.2) is 0 Å². The van der Waals surface area contributed by atoms with E-state index in [0.717, 1.165) is 5.56 Å². The van der Waals surface area contributed by atoms with Gasteiger partial charge in [0.05, 0.1) is 6.04 Å². The zero-order chi connectivity index (χ0) is 12.1. The molecule has 0 amide bonds. The Labute approximate surface area is 114 Å². The topological polar surface area (TPSA) is 43.1 Å². The van der Waals surface area contributed by atoms with E-state index in [4.69, 9.17) is 17.3 Å². The van der Waals surface area contributed by atoms with Crippen LogP contribution in [0.2, 0.25) is 5.02 Å². The van der Waals surface area contributed by atoms with Crippen molar-refractivity contribution in [3.8, 4) is 0 Å². The summed E-state index contributed by atoms with van der Waals surface area (Å²) in [5.74, 6) is 0.321. The number of nitrogens with two attached hydrogens (primary N) is 1. The van der Waals surface area contributed by atoms with Crippen LogP contribution in [0.1, 0.15) is 25.8 Å². The number of carbonyl (C=O) groups excluding carboxylic acids is 1. The molecular weight excluding hydrogens is 257 g/mol. The minimum absolute atomic E-state index is 0. The smallest absolute Gasteiger partial charge is 0.150 e. The second-order valence-electron chi connectivity index (χ2n) is 4.37. The summed E-state index contributed by atoms with van der Waals surface area (Å²) < 4.78 is 0. The van der Waals surface area contributed by atoms with Crippen LogP contribution < -0.4 is 5.73 Å². The van der Waals surface area contributed by atoms with Gasteiger partial charge in [-0.2, -0.15) is 0 Å². The zero-order valence-corrected chi connectivity index (χ0v) is 11.7. The first-order valence-electron chi connectivity index (χ1n) is 5.53. The molecule has 0 fully saturated rings. The predicted octanol–water partition coefficient (Wildman–Crippen LogP) is 3.25. The zero-order valence-electron chi connectivity index (χ0n) is 10.2. The van der Waals surface area contributed by atoms with Gasteiger partial charge in [-0.1, -0.05) is 37.6 Å². The van der Waals surface area contributed by atoms with Crippen molar-refractivity contribution >= 4 is 29.8 Å². The fraction of sp³-hybridized carbons (Fsp3) is 0.462. The van der Waals surface area contributed by atoms with Crippen LogP contribution in [0, 0.1) is 5.92 Å². The number of halogens is 2. The lowest BCUT2D eigenvalue weighted by Gasteiger charge is -2.13. The highest BCUT2D eigenvalue weighted by atomic mass is 35.5. The lowest BCUT2D eigenvalue weighted by Crippen LogP contribution is -2.35. The molecular formula is C13H19Cl2NO. The molecule has 0 unspecified atom stereocenters. The van der Waals surface area contributed by atoms with Crippen LogP contribution in [-0.2, 0) is 11.2 Å². The molecule has 0 heterocycles. The minimum Gasteiger partial charge on any atom is -0.321 e. The highest BCUT2D eigenvalue weighted by molar-refractivity contribution is 6.30. The van der Waals surface area contributed by atoms with E-state index >= 15 is 0 Å². The normalized spacial score (nSPS) is 12.1. The van der Waals surface area contributed by atoms with Crippen molar-refractivity contribution in [1.29, 1.82) is 0 Å². The first-order valence-corrected chi connectivity index (χ1v) is 5.91. The Morgan fingerprint density at radius 3 is 2.59 bits per heavy atom. The number of ketones is 1. The molecule has 1 aromatic rings. The number of carbonyl (C=O) groups is 1. The summed E-state index contributed by atoms with van der Waals surface area (Å²) in [6, 6.07) is 7.23. The molecule has 1 aromatic carbocycles. The molecule has 0 radical (unpaired) electrons. The number of aryl methyl sites for hydroxylation is 1. The Balaban J connectivity index is 0.00000256. The lowest BCUT2D eigenvalue weighted by molar-refractivity contribution is -0.121. The third-order valence-corrected chi connectivity index (χ3v) is 2.87. The Bertz CT molecular complexity index is 366. The van der Waals surface area contributed by atoms with Crippen molar-refractivity contribution in [3.63, 3.8) is 0 Å². The average Bonchev–Trinajstić information content (AvgIpc) is 2.24. The van der Waals surface area contributed by atoms with Crippen LogP contribution >= 0.6 is 24.0 Å². The van der Waals surface area contributed by atoms with Crippen LogP contribution in [0.3, 0.4) is 0 Å². The van der Waals surface area contributed by atoms with Gasteiger partial charge in [-0.3, -0.25) is 4.79 Å². The van der Waals surface area contributed by atoms with Gasteiger partial charge in [-0.15, -0.1) is 12.4 Å². The van der Waals surface area contributed by atoms with Crippen molar-refractivity contribution in [2.45, 2.75) is 32.7 Å². The van der Waals surface area contributed by atoms with Gasteiger partial charge in [-0.05, 0) is 30.0 Å². The fourth-order valence-corrected chi connectivity index (χ4v) is 1.71. The molecule has 0 saturated carbocycles. The van der Waals surface area contributed by atoms with Gasteiger partial charge in [-0.25, -0.2) is 0 Å². The number of hydrogen-bond donors (Lipinski definition) is 1. The number of Topliss-reactive ketones (excluding diaryl/α,β-unsaturated/α-hetero) is 1. The summed E-state index contributed by atoms with van der Waals surface area (Å²) in [6.07, 6.45) is 1.19. The molecule has 0 bridgehead atoms. The van der Waals surface area contributed by atoms with Crippen LogP contribution in [0.5, 0.6) is 0 Å². The quantitative estimate of drug-likeness (QED) is 0.897. The van der Waals surface area contributed by atoms with E-state index in [1.807, 2.05) is 38.1 Å². The Morgan fingerprint density at radius 1 is 1.41 bits per heavy atom. The van der Waals surface area contributed by atoms with Crippen molar-refractivity contribution in [3.05, 3.63) is 34.9 Å². The van der Waals surface area contributed by atoms with Gasteiger partial charge in [0.2, 0.25) is 0 Å². The van der Waals surface area contributed by atoms with Crippen LogP contribution in [0.15, 0.2) is 24.3 Å². The summed E-state index contributed by atoms with van der Waals surface area (Å²) in [6.45, 7) is 3.92. The van der Waals surface area contributed by atoms with E-state index < -0.39 is 0 Å². The minimum atomic E-state index is -0.348. The molecule has 17 heavy (non-hydrogen) atoms. The SMILES string of the molecule is CC(C)[C@@H](N)C(=O)CCc1cccc(Cl)c1.Cl. The van der Waals surface area contributed by atoms with E-state index in [1.165, 1.54) is 0 Å². The predicted molar refractivity (Wildman–Crippen MR) is 74.8 cm³/mol. The maximum atomic E-state index is 11.7. The Morgan fingerprint density at radius 2 is 2.06 bits per heavy atom. The van der Waals surface area contributed by atoms with Crippen LogP contribution in [0.4, 0.5) is 0 Å². The van der Waals surface area contributed by atoms with Crippen molar-refractivity contribution < 1.29 is 4.79 Å². The molecule has 0 aliphatic carbocycles. The molecule has 96 valence electrons. The molecule has 4 heteroatoms. The standard InChI is InChI=1S/C13H18ClNO.ClH/c1-9(2)13(15)12(16)7-6-10-4-3-5-11(14)8-10;/h3-5,8-9,13H,6-7,15H2,1-2H3;1H/t13-;/m1./s1. The van der Waals surface area contributed by atoms with Gasteiger partial charge >= 0.3 is 0 Å². The molecule has 0 aromatic heterocycles. The van der Waals surface area contributed by atoms with Crippen LogP contribution in [0.25, 0.3) is 0 Å². The van der Waals surface area contributed by atoms with E-state index in [1.54, 1.807) is 0 Å². The summed E-state index contributed by atoms with van der Waals surface area (Å²) in [5, 5.41) is 0.707. The summed E-state index contributed by atoms with van der Waals surface area (Å²) in [7, 11) is 0. The molecule has 0 saturated heterocycles. The lowest BCUT2D eigenvalue weighted by atomic mass is 9.96. The molecule has 2 N–H and O–H groups in total. The maximum Gasteiger partial charge on any atom is 0.150 e. The van der Waals surface area contributed by atoms with Crippen molar-refractivity contribution in [2.75, 3.05) is 0 Å². The third-order valence-electron chi connectivity index (χ3n) is 2.64. The summed E-state index contributed by atoms with van der Waals surface area (Å²) in [4.78, 5) is 11.7. The monoisotopic (exact) mass is 275 g/mol. The molecule has 0 aliphatic rings. The van der Waals surface area contributed by atoms with E-state index in [2.05, 4.69) is 0 Å². The summed E-state index contributed by atoms with van der Waals surface area (Å²) >= 11 is 5.86. The van der Waals surface area contributed by atoms with Gasteiger partial charge in [0, 0.05) is 11.4 Å². The Hall–Kier alpha value is -0.570. The Kier molecular flexibility index (Phi) is 7.44. The highest BCUT2D eigenvalue weighted by Crippen LogP contribution is 2.13. The van der Waals surface area contributed by atoms with E-state index in [-0.39, 0.29) is 30.2 Å². The van der Waals surface area contributed by atoms with E-state index in [0.29, 0.717) is 17.9 Å². The maximum absolute atomic E-state index is 11.7. The van der Waals surface area contributed by atoms with Gasteiger partial charge in [0.1, 0.15) is 5.78 Å². The second-order valence-corrected chi connectivity index (χ2v) is 4.80. The van der Waals surface area contributed by atoms with Crippen molar-refractivity contribution in [2.24, 2.45) is 11.7 Å². The van der Waals surface area contributed by atoms with E-state index in [9.17, 15) is 4.79 Å². The molecule has 1 rings (SSSR count). The molecule has 1 atom stereocenters. The first-order chi connectivity index (χ1) is 7.50. The van der Waals surface area contributed by atoms with Crippen LogP contribution in [-0.4, -0.2) is 11.8 Å². The summed E-state index contributed by atoms with van der Waals surface area (Å²) in [5.41, 5.74) is 6.86. The average molecular weight is 276 g/mol.